The van der Waals surface area contributed by atoms with Crippen molar-refractivity contribution in [2.75, 3.05) is 5.32 Å². The van der Waals surface area contributed by atoms with E-state index in [4.69, 9.17) is 0 Å². The van der Waals surface area contributed by atoms with Gasteiger partial charge in [-0.3, -0.25) is 9.20 Å². The number of hydrogen-bond acceptors (Lipinski definition) is 3. The van der Waals surface area contributed by atoms with Gasteiger partial charge in [0.05, 0.1) is 12.1 Å². The van der Waals surface area contributed by atoms with E-state index >= 15 is 0 Å². The molecule has 102 valence electrons. The van der Waals surface area contributed by atoms with Gasteiger partial charge in [0.15, 0.2) is 4.96 Å². The van der Waals surface area contributed by atoms with Crippen molar-refractivity contribution in [2.24, 2.45) is 0 Å². The van der Waals surface area contributed by atoms with Gasteiger partial charge in [0.2, 0.25) is 5.91 Å². The highest BCUT2D eigenvalue weighted by molar-refractivity contribution is 7.15. The van der Waals surface area contributed by atoms with Gasteiger partial charge in [-0.05, 0) is 30.7 Å². The molecule has 2 aromatic heterocycles. The number of fused-ring (bicyclic) bond motifs is 1. The highest BCUT2D eigenvalue weighted by Crippen LogP contribution is 2.16. The van der Waals surface area contributed by atoms with Gasteiger partial charge < -0.3 is 5.32 Å². The van der Waals surface area contributed by atoms with Crippen LogP contribution >= 0.6 is 11.3 Å². The third-order valence-corrected chi connectivity index (χ3v) is 3.72. The summed E-state index contributed by atoms with van der Waals surface area (Å²) in [7, 11) is 0. The molecule has 3 rings (SSSR count). The lowest BCUT2D eigenvalue weighted by Crippen LogP contribution is -2.15. The van der Waals surface area contributed by atoms with Crippen LogP contribution in [-0.2, 0) is 11.2 Å². The number of imidazole rings is 1. The number of amides is 1. The van der Waals surface area contributed by atoms with E-state index < -0.39 is 0 Å². The van der Waals surface area contributed by atoms with E-state index in [0.29, 0.717) is 16.9 Å². The van der Waals surface area contributed by atoms with E-state index in [0.717, 1.165) is 4.96 Å². The van der Waals surface area contributed by atoms with E-state index in [1.807, 2.05) is 22.2 Å². The lowest BCUT2D eigenvalue weighted by Gasteiger charge is -2.07. The van der Waals surface area contributed by atoms with Crippen molar-refractivity contribution in [3.05, 3.63) is 53.0 Å². The van der Waals surface area contributed by atoms with Crippen LogP contribution in [0.25, 0.3) is 4.96 Å². The zero-order chi connectivity index (χ0) is 14.1. The highest BCUT2D eigenvalue weighted by atomic mass is 32.1. The molecular formula is C14H12FN3OS. The quantitative estimate of drug-likeness (QED) is 0.805. The fourth-order valence-electron chi connectivity index (χ4n) is 1.99. The molecule has 0 aliphatic carbocycles. The lowest BCUT2D eigenvalue weighted by molar-refractivity contribution is -0.115. The number of carbonyl (C=O) groups excluding carboxylic acids is 1. The Labute approximate surface area is 118 Å². The molecule has 0 fully saturated rings. The summed E-state index contributed by atoms with van der Waals surface area (Å²) in [6.07, 6.45) is 3.94. The average Bonchev–Trinajstić information content (AvgIpc) is 2.93. The third kappa shape index (κ3) is 2.55. The van der Waals surface area contributed by atoms with Gasteiger partial charge in [-0.2, -0.15) is 0 Å². The number of aromatic nitrogens is 2. The van der Waals surface area contributed by atoms with Gasteiger partial charge in [-0.25, -0.2) is 9.37 Å². The monoisotopic (exact) mass is 289 g/mol. The van der Waals surface area contributed by atoms with E-state index in [1.54, 1.807) is 13.0 Å². The van der Waals surface area contributed by atoms with Crippen LogP contribution in [0.15, 0.2) is 36.0 Å². The van der Waals surface area contributed by atoms with Gasteiger partial charge >= 0.3 is 0 Å². The van der Waals surface area contributed by atoms with E-state index in [1.165, 1.54) is 23.5 Å². The molecule has 1 amide bonds. The first-order valence-corrected chi connectivity index (χ1v) is 6.97. The minimum absolute atomic E-state index is 0.162. The molecule has 1 N–H and O–H groups in total. The van der Waals surface area contributed by atoms with Crippen LogP contribution in [0.5, 0.6) is 0 Å². The predicted octanol–water partition coefficient (Wildman–Crippen LogP) is 3.02. The third-order valence-electron chi connectivity index (χ3n) is 2.95. The first-order valence-electron chi connectivity index (χ1n) is 6.09. The van der Waals surface area contributed by atoms with Crippen molar-refractivity contribution in [2.45, 2.75) is 13.3 Å². The number of halogens is 1. The molecule has 0 aliphatic rings. The predicted molar refractivity (Wildman–Crippen MR) is 76.5 cm³/mol. The topological polar surface area (TPSA) is 46.4 Å². The summed E-state index contributed by atoms with van der Waals surface area (Å²) >= 11 is 1.52. The molecule has 0 radical (unpaired) electrons. The van der Waals surface area contributed by atoms with E-state index in [9.17, 15) is 9.18 Å². The molecule has 6 heteroatoms. The molecule has 3 aromatic rings. The molecule has 20 heavy (non-hydrogen) atoms. The molecule has 0 spiro atoms. The summed E-state index contributed by atoms with van der Waals surface area (Å²) in [6.45, 7) is 1.76. The number of thiazole rings is 1. The number of carbonyl (C=O) groups is 1. The van der Waals surface area contributed by atoms with Crippen LogP contribution in [0.2, 0.25) is 0 Å². The standard InChI is InChI=1S/C14H12FN3OS/c1-9-6-10(15)2-3-12(9)17-13(19)7-11-8-18-4-5-20-14(18)16-11/h2-6,8H,7H2,1H3,(H,17,19). The summed E-state index contributed by atoms with van der Waals surface area (Å²) in [6, 6.07) is 4.28. The fraction of sp³-hybridized carbons (Fsp3) is 0.143. The van der Waals surface area contributed by atoms with Crippen molar-refractivity contribution in [1.82, 2.24) is 9.38 Å². The Morgan fingerprint density at radius 1 is 1.50 bits per heavy atom. The Bertz CT molecular complexity index is 749. The molecule has 1 aromatic carbocycles. The Morgan fingerprint density at radius 2 is 2.35 bits per heavy atom. The first-order chi connectivity index (χ1) is 9.61. The Hall–Kier alpha value is -2.21. The summed E-state index contributed by atoms with van der Waals surface area (Å²) in [5.41, 5.74) is 2.04. The van der Waals surface area contributed by atoms with Crippen LogP contribution in [0.4, 0.5) is 10.1 Å². The molecule has 0 bridgehead atoms. The van der Waals surface area contributed by atoms with Gasteiger partial charge in [-0.1, -0.05) is 0 Å². The number of benzene rings is 1. The summed E-state index contributed by atoms with van der Waals surface area (Å²) in [5.74, 6) is -0.472. The van der Waals surface area contributed by atoms with Crippen molar-refractivity contribution in [3.63, 3.8) is 0 Å². The summed E-state index contributed by atoms with van der Waals surface area (Å²) < 4.78 is 14.9. The number of rotatable bonds is 3. The van der Waals surface area contributed by atoms with E-state index in [-0.39, 0.29) is 18.1 Å². The summed E-state index contributed by atoms with van der Waals surface area (Å²) in [4.78, 5) is 17.2. The Morgan fingerprint density at radius 3 is 3.10 bits per heavy atom. The normalized spacial score (nSPS) is 10.9. The van der Waals surface area contributed by atoms with Gasteiger partial charge in [0, 0.05) is 23.5 Å². The Balaban J connectivity index is 1.71. The van der Waals surface area contributed by atoms with Crippen LogP contribution in [0.3, 0.4) is 0 Å². The second-order valence-corrected chi connectivity index (χ2v) is 5.38. The minimum atomic E-state index is -0.310. The van der Waals surface area contributed by atoms with Crippen molar-refractivity contribution in [3.8, 4) is 0 Å². The van der Waals surface area contributed by atoms with Crippen molar-refractivity contribution < 1.29 is 9.18 Å². The fourth-order valence-corrected chi connectivity index (χ4v) is 2.71. The average molecular weight is 289 g/mol. The van der Waals surface area contributed by atoms with Crippen molar-refractivity contribution in [1.29, 1.82) is 0 Å². The van der Waals surface area contributed by atoms with Gasteiger partial charge in [0.1, 0.15) is 5.82 Å². The number of aryl methyl sites for hydroxylation is 1. The molecule has 0 unspecified atom stereocenters. The van der Waals surface area contributed by atoms with Crippen LogP contribution in [0.1, 0.15) is 11.3 Å². The Kier molecular flexibility index (Phi) is 3.23. The molecule has 0 aliphatic heterocycles. The molecule has 4 nitrogen and oxygen atoms in total. The van der Waals surface area contributed by atoms with Crippen LogP contribution in [-0.4, -0.2) is 15.3 Å². The number of anilines is 1. The van der Waals surface area contributed by atoms with Gasteiger partial charge in [0.25, 0.3) is 0 Å². The summed E-state index contributed by atoms with van der Waals surface area (Å²) in [5, 5.41) is 4.71. The maximum Gasteiger partial charge on any atom is 0.230 e. The molecule has 0 saturated heterocycles. The molecule has 0 saturated carbocycles. The SMILES string of the molecule is Cc1cc(F)ccc1NC(=O)Cc1cn2ccsc2n1. The zero-order valence-electron chi connectivity index (χ0n) is 10.8. The minimum Gasteiger partial charge on any atom is -0.326 e. The molecule has 0 atom stereocenters. The maximum atomic E-state index is 13.0. The van der Waals surface area contributed by atoms with Gasteiger partial charge in [-0.15, -0.1) is 11.3 Å². The smallest absolute Gasteiger partial charge is 0.230 e. The number of nitrogens with zero attached hydrogens (tertiary/aromatic N) is 2. The zero-order valence-corrected chi connectivity index (χ0v) is 11.6. The maximum absolute atomic E-state index is 13.0. The molecule has 2 heterocycles. The van der Waals surface area contributed by atoms with Crippen LogP contribution in [0, 0.1) is 12.7 Å². The lowest BCUT2D eigenvalue weighted by atomic mass is 10.2. The second kappa shape index (κ2) is 5.05. The highest BCUT2D eigenvalue weighted by Gasteiger charge is 2.10. The van der Waals surface area contributed by atoms with E-state index in [2.05, 4.69) is 10.3 Å². The first kappa shape index (κ1) is 12.8. The van der Waals surface area contributed by atoms with Crippen molar-refractivity contribution >= 4 is 27.9 Å². The number of nitrogens with one attached hydrogen (secondary N) is 1. The largest absolute Gasteiger partial charge is 0.326 e. The number of hydrogen-bond donors (Lipinski definition) is 1. The van der Waals surface area contributed by atoms with Crippen LogP contribution < -0.4 is 5.32 Å². The molecular weight excluding hydrogens is 277 g/mol. The second-order valence-electron chi connectivity index (χ2n) is 4.51.